The van der Waals surface area contributed by atoms with Crippen LogP contribution in [0.25, 0.3) is 11.1 Å². The molecule has 0 atom stereocenters. The first-order valence-electron chi connectivity index (χ1n) is 17.4. The SMILES string of the molecule is CCCC1CCC(C2CCC(/C=C(/C)F)CC2)CC1.CCCc1ccc(-c2cc(F)c(C(F)(F)Oc3cc(F)c(F)c(F)c3)c(F)c2)cc1. The number of hydrogen-bond acceptors (Lipinski definition) is 1. The number of rotatable bonds is 10. The van der Waals surface area contributed by atoms with E-state index in [0.29, 0.717) is 23.6 Å². The van der Waals surface area contributed by atoms with Gasteiger partial charge in [0.05, 0.1) is 5.83 Å². The molecule has 3 aromatic carbocycles. The van der Waals surface area contributed by atoms with Gasteiger partial charge in [0.25, 0.3) is 0 Å². The van der Waals surface area contributed by atoms with Crippen LogP contribution in [0.2, 0.25) is 0 Å². The summed E-state index contributed by atoms with van der Waals surface area (Å²) < 4.78 is 114. The van der Waals surface area contributed by atoms with Gasteiger partial charge in [-0.25, -0.2) is 26.3 Å². The van der Waals surface area contributed by atoms with E-state index in [1.165, 1.54) is 64.2 Å². The molecule has 0 aromatic heterocycles. The maximum Gasteiger partial charge on any atom is 0.432 e. The Bertz CT molecular complexity index is 1480. The van der Waals surface area contributed by atoms with Crippen LogP contribution in [0, 0.1) is 52.8 Å². The molecule has 0 bridgehead atoms. The maximum atomic E-state index is 14.4. The Labute approximate surface area is 284 Å². The molecular formula is C40H46F8O. The highest BCUT2D eigenvalue weighted by Gasteiger charge is 2.41. The van der Waals surface area contributed by atoms with Crippen LogP contribution in [0.1, 0.15) is 103 Å². The Kier molecular flexibility index (Phi) is 13.8. The number of ether oxygens (including phenoxy) is 1. The molecule has 2 saturated carbocycles. The van der Waals surface area contributed by atoms with Crippen LogP contribution in [-0.2, 0) is 12.5 Å². The summed E-state index contributed by atoms with van der Waals surface area (Å²) in [5.41, 5.74) is -0.297. The summed E-state index contributed by atoms with van der Waals surface area (Å²) in [5.74, 6) is -6.32. The molecule has 5 rings (SSSR count). The Morgan fingerprint density at radius 1 is 0.714 bits per heavy atom. The lowest BCUT2D eigenvalue weighted by Crippen LogP contribution is -2.25. The zero-order valence-corrected chi connectivity index (χ0v) is 28.4. The fraction of sp³-hybridized carbons (Fsp3) is 0.500. The molecule has 0 heterocycles. The van der Waals surface area contributed by atoms with Crippen molar-refractivity contribution in [2.24, 2.45) is 23.7 Å². The normalized spacial score (nSPS) is 21.6. The molecule has 49 heavy (non-hydrogen) atoms. The smallest absolute Gasteiger partial charge is 0.429 e. The first-order chi connectivity index (χ1) is 23.3. The average Bonchev–Trinajstić information content (AvgIpc) is 3.04. The Morgan fingerprint density at radius 3 is 1.73 bits per heavy atom. The number of halogens is 8. The molecule has 2 fully saturated rings. The van der Waals surface area contributed by atoms with E-state index in [0.717, 1.165) is 36.2 Å². The topological polar surface area (TPSA) is 9.23 Å². The summed E-state index contributed by atoms with van der Waals surface area (Å²) in [5, 5.41) is 0. The van der Waals surface area contributed by atoms with Gasteiger partial charge in [-0.1, -0.05) is 76.3 Å². The zero-order chi connectivity index (χ0) is 35.7. The van der Waals surface area contributed by atoms with E-state index in [2.05, 4.69) is 11.7 Å². The van der Waals surface area contributed by atoms with Gasteiger partial charge in [0.1, 0.15) is 22.9 Å². The van der Waals surface area contributed by atoms with Gasteiger partial charge in [-0.3, -0.25) is 0 Å². The second-order valence-corrected chi connectivity index (χ2v) is 13.6. The molecule has 1 nitrogen and oxygen atoms in total. The molecule has 2 aliphatic carbocycles. The summed E-state index contributed by atoms with van der Waals surface area (Å²) in [7, 11) is 0. The first-order valence-corrected chi connectivity index (χ1v) is 17.4. The van der Waals surface area contributed by atoms with Crippen molar-refractivity contribution in [2.75, 3.05) is 0 Å². The Balaban J connectivity index is 0.000000244. The molecule has 268 valence electrons. The highest BCUT2D eigenvalue weighted by Crippen LogP contribution is 2.43. The monoisotopic (exact) mass is 694 g/mol. The lowest BCUT2D eigenvalue weighted by molar-refractivity contribution is -0.189. The summed E-state index contributed by atoms with van der Waals surface area (Å²) in [6.07, 6.45) is 12.8. The third-order valence-corrected chi connectivity index (χ3v) is 9.90. The second kappa shape index (κ2) is 17.5. The third kappa shape index (κ3) is 10.6. The lowest BCUT2D eigenvalue weighted by atomic mass is 9.68. The minimum Gasteiger partial charge on any atom is -0.429 e. The summed E-state index contributed by atoms with van der Waals surface area (Å²) in [6, 6.07) is 8.44. The van der Waals surface area contributed by atoms with E-state index in [1.54, 1.807) is 31.2 Å². The summed E-state index contributed by atoms with van der Waals surface area (Å²) in [6.45, 7) is 5.89. The quantitative estimate of drug-likeness (QED) is 0.152. The van der Waals surface area contributed by atoms with Gasteiger partial charge < -0.3 is 4.74 Å². The van der Waals surface area contributed by atoms with Crippen LogP contribution in [0.4, 0.5) is 35.1 Å². The van der Waals surface area contributed by atoms with Crippen molar-refractivity contribution < 1.29 is 39.9 Å². The Morgan fingerprint density at radius 2 is 1.24 bits per heavy atom. The minimum atomic E-state index is -4.62. The number of allylic oxidation sites excluding steroid dienone is 2. The van der Waals surface area contributed by atoms with Gasteiger partial charge in [-0.05, 0) is 104 Å². The van der Waals surface area contributed by atoms with Crippen molar-refractivity contribution in [2.45, 2.75) is 104 Å². The molecule has 0 saturated heterocycles. The van der Waals surface area contributed by atoms with E-state index in [1.807, 2.05) is 13.0 Å². The van der Waals surface area contributed by atoms with E-state index in [-0.39, 0.29) is 23.5 Å². The van der Waals surface area contributed by atoms with Gasteiger partial charge in [0, 0.05) is 12.1 Å². The largest absolute Gasteiger partial charge is 0.432 e. The van der Waals surface area contributed by atoms with Crippen LogP contribution < -0.4 is 4.74 Å². The van der Waals surface area contributed by atoms with Crippen molar-refractivity contribution in [1.29, 1.82) is 0 Å². The van der Waals surface area contributed by atoms with Crippen molar-refractivity contribution in [3.63, 3.8) is 0 Å². The predicted molar refractivity (Wildman–Crippen MR) is 177 cm³/mol. The van der Waals surface area contributed by atoms with E-state index in [9.17, 15) is 35.1 Å². The molecule has 0 N–H and O–H groups in total. The number of aryl methyl sites for hydroxylation is 1. The molecule has 0 radical (unpaired) electrons. The maximum absolute atomic E-state index is 14.4. The lowest BCUT2D eigenvalue weighted by Gasteiger charge is -2.37. The molecule has 0 unspecified atom stereocenters. The molecule has 0 spiro atoms. The number of alkyl halides is 2. The van der Waals surface area contributed by atoms with Gasteiger partial charge in [-0.15, -0.1) is 0 Å². The van der Waals surface area contributed by atoms with Gasteiger partial charge >= 0.3 is 6.11 Å². The Hall–Kier alpha value is -3.36. The van der Waals surface area contributed by atoms with E-state index < -0.39 is 46.5 Å². The highest BCUT2D eigenvalue weighted by molar-refractivity contribution is 5.64. The molecule has 0 amide bonds. The number of hydrogen-bond donors (Lipinski definition) is 0. The van der Waals surface area contributed by atoms with Crippen LogP contribution in [0.5, 0.6) is 5.75 Å². The van der Waals surface area contributed by atoms with Gasteiger partial charge in [0.2, 0.25) is 0 Å². The minimum absolute atomic E-state index is 0.0172. The fourth-order valence-electron chi connectivity index (χ4n) is 7.43. The molecule has 3 aromatic rings. The summed E-state index contributed by atoms with van der Waals surface area (Å²) >= 11 is 0. The van der Waals surface area contributed by atoms with Gasteiger partial charge in [-0.2, -0.15) is 8.78 Å². The van der Waals surface area contributed by atoms with Crippen molar-refractivity contribution in [3.8, 4) is 16.9 Å². The molecule has 9 heteroatoms. The van der Waals surface area contributed by atoms with Gasteiger partial charge in [0.15, 0.2) is 17.5 Å². The highest BCUT2D eigenvalue weighted by atomic mass is 19.3. The van der Waals surface area contributed by atoms with Crippen molar-refractivity contribution in [3.05, 3.63) is 101 Å². The summed E-state index contributed by atoms with van der Waals surface area (Å²) in [4.78, 5) is 0. The molecule has 2 aliphatic rings. The fourth-order valence-corrected chi connectivity index (χ4v) is 7.43. The van der Waals surface area contributed by atoms with Crippen LogP contribution in [0.15, 0.2) is 60.4 Å². The van der Waals surface area contributed by atoms with E-state index in [4.69, 9.17) is 0 Å². The number of benzene rings is 3. The average molecular weight is 695 g/mol. The molecular weight excluding hydrogens is 648 g/mol. The zero-order valence-electron chi connectivity index (χ0n) is 28.4. The van der Waals surface area contributed by atoms with Crippen LogP contribution in [0.3, 0.4) is 0 Å². The third-order valence-electron chi connectivity index (χ3n) is 9.90. The van der Waals surface area contributed by atoms with Crippen molar-refractivity contribution in [1.82, 2.24) is 0 Å². The first kappa shape index (κ1) is 38.4. The van der Waals surface area contributed by atoms with Crippen molar-refractivity contribution >= 4 is 0 Å². The van der Waals surface area contributed by atoms with Crippen LogP contribution >= 0.6 is 0 Å². The second-order valence-electron chi connectivity index (χ2n) is 13.6. The van der Waals surface area contributed by atoms with Crippen LogP contribution in [-0.4, -0.2) is 0 Å². The predicted octanol–water partition coefficient (Wildman–Crippen LogP) is 13.4. The standard InChI is InChI=1S/C22H15F7O.C18H31F/c1-2-3-12-4-6-13(7-5-12)14-8-16(23)20(17(24)9-14)22(28,29)30-15-10-18(25)21(27)19(26)11-15;1-3-4-15-5-9-17(10-6-15)18-11-7-16(8-12-18)13-14(2)19/h4-11H,2-3H2,1H3;13,15-18H,3-12H2,1-2H3/b;14-13-. The van der Waals surface area contributed by atoms with E-state index >= 15 is 0 Å². The molecule has 0 aliphatic heterocycles.